The number of hydrogen-bond donors (Lipinski definition) is 1. The lowest BCUT2D eigenvalue weighted by Crippen LogP contribution is -2.40. The fourth-order valence-corrected chi connectivity index (χ4v) is 2.64. The van der Waals surface area contributed by atoms with Gasteiger partial charge >= 0.3 is 0 Å². The highest BCUT2D eigenvalue weighted by Crippen LogP contribution is 2.29. The molecule has 0 aromatic carbocycles. The normalized spacial score (nSPS) is 27.0. The first-order valence-electron chi connectivity index (χ1n) is 6.95. The quantitative estimate of drug-likeness (QED) is 0.885. The molecule has 0 radical (unpaired) electrons. The van der Waals surface area contributed by atoms with Crippen LogP contribution in [0.25, 0.3) is 0 Å². The summed E-state index contributed by atoms with van der Waals surface area (Å²) in [6.07, 6.45) is 4.84. The minimum Gasteiger partial charge on any atom is -0.349 e. The summed E-state index contributed by atoms with van der Waals surface area (Å²) in [5.41, 5.74) is 0.299. The van der Waals surface area contributed by atoms with Gasteiger partial charge in [-0.2, -0.15) is 0 Å². The topological polar surface area (TPSA) is 51.1 Å². The second-order valence-electron chi connectivity index (χ2n) is 5.80. The van der Waals surface area contributed by atoms with Gasteiger partial charge in [0.2, 0.25) is 0 Å². The molecular weight excluding hydrogens is 240 g/mol. The van der Waals surface area contributed by atoms with Crippen molar-refractivity contribution in [2.24, 2.45) is 18.9 Å². The zero-order valence-electron chi connectivity index (χ0n) is 11.8. The van der Waals surface area contributed by atoms with Crippen molar-refractivity contribution in [3.8, 4) is 0 Å². The number of pyridine rings is 1. The lowest BCUT2D eigenvalue weighted by molar-refractivity contribution is 0.0910. The van der Waals surface area contributed by atoms with Crippen LogP contribution in [0.3, 0.4) is 0 Å². The second kappa shape index (κ2) is 5.59. The molecule has 1 saturated carbocycles. The highest BCUT2D eigenvalue weighted by atomic mass is 16.2. The first-order valence-corrected chi connectivity index (χ1v) is 6.95. The Hall–Kier alpha value is -1.58. The number of carbonyl (C=O) groups excluding carboxylic acids is 1. The summed E-state index contributed by atoms with van der Waals surface area (Å²) in [5.74, 6) is 1.24. The van der Waals surface area contributed by atoms with Crippen molar-refractivity contribution in [2.75, 3.05) is 0 Å². The van der Waals surface area contributed by atoms with Gasteiger partial charge in [-0.3, -0.25) is 9.59 Å². The molecule has 1 aliphatic rings. The number of aryl methyl sites for hydroxylation is 1. The van der Waals surface area contributed by atoms with Gasteiger partial charge in [0.15, 0.2) is 0 Å². The number of carbonyl (C=O) groups is 1. The molecule has 1 aliphatic carbocycles. The molecule has 1 aromatic rings. The van der Waals surface area contributed by atoms with Crippen molar-refractivity contribution in [3.05, 3.63) is 34.2 Å². The fraction of sp³-hybridized carbons (Fsp3) is 0.600. The molecule has 4 nitrogen and oxygen atoms in total. The molecule has 0 spiro atoms. The van der Waals surface area contributed by atoms with Crippen LogP contribution >= 0.6 is 0 Å². The Morgan fingerprint density at radius 2 is 2.05 bits per heavy atom. The van der Waals surface area contributed by atoms with E-state index in [0.29, 0.717) is 11.5 Å². The molecule has 1 heterocycles. The Bertz CT molecular complexity index is 521. The maximum atomic E-state index is 12.1. The molecule has 104 valence electrons. The largest absolute Gasteiger partial charge is 0.349 e. The molecule has 3 unspecified atom stereocenters. The molecule has 0 saturated heterocycles. The van der Waals surface area contributed by atoms with Crippen LogP contribution < -0.4 is 10.9 Å². The van der Waals surface area contributed by atoms with Crippen molar-refractivity contribution in [2.45, 2.75) is 39.2 Å². The zero-order chi connectivity index (χ0) is 14.0. The van der Waals surface area contributed by atoms with Crippen LogP contribution in [0.1, 0.15) is 43.5 Å². The summed E-state index contributed by atoms with van der Waals surface area (Å²) in [6, 6.07) is 3.32. The van der Waals surface area contributed by atoms with E-state index in [-0.39, 0.29) is 17.5 Å². The number of amides is 1. The van der Waals surface area contributed by atoms with Crippen LogP contribution in [0.15, 0.2) is 23.1 Å². The first kappa shape index (κ1) is 13.8. The van der Waals surface area contributed by atoms with E-state index in [2.05, 4.69) is 19.2 Å². The molecule has 1 N–H and O–H groups in total. The van der Waals surface area contributed by atoms with Gasteiger partial charge in [0, 0.05) is 30.9 Å². The van der Waals surface area contributed by atoms with Gasteiger partial charge in [-0.15, -0.1) is 0 Å². The van der Waals surface area contributed by atoms with E-state index in [1.165, 1.54) is 10.6 Å². The zero-order valence-corrected chi connectivity index (χ0v) is 11.8. The lowest BCUT2D eigenvalue weighted by Gasteiger charge is -2.32. The van der Waals surface area contributed by atoms with E-state index in [1.807, 2.05) is 0 Å². The Morgan fingerprint density at radius 1 is 1.32 bits per heavy atom. The maximum Gasteiger partial charge on any atom is 0.251 e. The minimum absolute atomic E-state index is 0.135. The predicted octanol–water partition coefficient (Wildman–Crippen LogP) is 1.94. The van der Waals surface area contributed by atoms with Gasteiger partial charge in [0.25, 0.3) is 11.5 Å². The molecular formula is C15H22N2O2. The van der Waals surface area contributed by atoms with E-state index in [9.17, 15) is 9.59 Å². The molecule has 19 heavy (non-hydrogen) atoms. The van der Waals surface area contributed by atoms with E-state index in [4.69, 9.17) is 0 Å². The standard InChI is InChI=1S/C15H22N2O2/c1-10-4-5-13(8-11(10)2)16-15(19)12-6-7-17(3)14(18)9-12/h6-7,9-11,13H,4-5,8H2,1-3H3,(H,16,19). The third-order valence-electron chi connectivity index (χ3n) is 4.30. The Kier molecular flexibility index (Phi) is 4.08. The van der Waals surface area contributed by atoms with Crippen molar-refractivity contribution >= 4 is 5.91 Å². The van der Waals surface area contributed by atoms with Crippen molar-refractivity contribution in [1.29, 1.82) is 0 Å². The molecule has 3 atom stereocenters. The minimum atomic E-state index is -0.154. The van der Waals surface area contributed by atoms with E-state index >= 15 is 0 Å². The van der Waals surface area contributed by atoms with Crippen LogP contribution in [-0.4, -0.2) is 16.5 Å². The number of rotatable bonds is 2. The van der Waals surface area contributed by atoms with E-state index in [1.54, 1.807) is 19.3 Å². The van der Waals surface area contributed by atoms with Gasteiger partial charge in [0.1, 0.15) is 0 Å². The first-order chi connectivity index (χ1) is 8.97. The summed E-state index contributed by atoms with van der Waals surface area (Å²) in [4.78, 5) is 23.6. The van der Waals surface area contributed by atoms with Gasteiger partial charge in [-0.1, -0.05) is 13.8 Å². The molecule has 0 bridgehead atoms. The summed E-state index contributed by atoms with van der Waals surface area (Å²) >= 11 is 0. The highest BCUT2D eigenvalue weighted by Gasteiger charge is 2.25. The molecule has 1 amide bonds. The van der Waals surface area contributed by atoms with Crippen molar-refractivity contribution in [3.63, 3.8) is 0 Å². The van der Waals surface area contributed by atoms with Crippen LogP contribution in [0.5, 0.6) is 0 Å². The van der Waals surface area contributed by atoms with E-state index in [0.717, 1.165) is 25.2 Å². The average Bonchev–Trinajstić information content (AvgIpc) is 2.37. The van der Waals surface area contributed by atoms with Gasteiger partial charge < -0.3 is 9.88 Å². The number of hydrogen-bond acceptors (Lipinski definition) is 2. The van der Waals surface area contributed by atoms with Crippen LogP contribution in [-0.2, 0) is 7.05 Å². The summed E-state index contributed by atoms with van der Waals surface area (Å²) in [7, 11) is 1.67. The molecule has 0 aliphatic heterocycles. The van der Waals surface area contributed by atoms with Crippen molar-refractivity contribution in [1.82, 2.24) is 9.88 Å². The van der Waals surface area contributed by atoms with Gasteiger partial charge in [-0.25, -0.2) is 0 Å². The Morgan fingerprint density at radius 3 is 2.68 bits per heavy atom. The molecule has 1 aromatic heterocycles. The molecule has 1 fully saturated rings. The summed E-state index contributed by atoms with van der Waals surface area (Å²) in [5, 5.41) is 3.05. The Labute approximate surface area is 113 Å². The van der Waals surface area contributed by atoms with Gasteiger partial charge in [0.05, 0.1) is 0 Å². The van der Waals surface area contributed by atoms with Crippen LogP contribution in [0.4, 0.5) is 0 Å². The number of nitrogens with zero attached hydrogens (tertiary/aromatic N) is 1. The Balaban J connectivity index is 2.01. The van der Waals surface area contributed by atoms with Crippen LogP contribution in [0, 0.1) is 11.8 Å². The smallest absolute Gasteiger partial charge is 0.251 e. The number of aromatic nitrogens is 1. The third kappa shape index (κ3) is 3.25. The maximum absolute atomic E-state index is 12.1. The summed E-state index contributed by atoms with van der Waals surface area (Å²) < 4.78 is 1.46. The molecule has 4 heteroatoms. The summed E-state index contributed by atoms with van der Waals surface area (Å²) in [6.45, 7) is 4.50. The van der Waals surface area contributed by atoms with E-state index < -0.39 is 0 Å². The highest BCUT2D eigenvalue weighted by molar-refractivity contribution is 5.94. The van der Waals surface area contributed by atoms with Gasteiger partial charge in [-0.05, 0) is 37.2 Å². The predicted molar refractivity (Wildman–Crippen MR) is 75.1 cm³/mol. The monoisotopic (exact) mass is 262 g/mol. The fourth-order valence-electron chi connectivity index (χ4n) is 2.64. The van der Waals surface area contributed by atoms with Crippen LogP contribution in [0.2, 0.25) is 0 Å². The average molecular weight is 262 g/mol. The number of nitrogens with one attached hydrogen (secondary N) is 1. The second-order valence-corrected chi connectivity index (χ2v) is 5.80. The third-order valence-corrected chi connectivity index (χ3v) is 4.30. The SMILES string of the molecule is CC1CCC(NC(=O)c2ccn(C)c(=O)c2)CC1C. The van der Waals surface area contributed by atoms with Crippen molar-refractivity contribution < 1.29 is 4.79 Å². The molecule has 2 rings (SSSR count). The lowest BCUT2D eigenvalue weighted by atomic mass is 9.79.